The first kappa shape index (κ1) is 44.4. The van der Waals surface area contributed by atoms with E-state index in [4.69, 9.17) is 21.3 Å². The van der Waals surface area contributed by atoms with Crippen molar-refractivity contribution in [1.29, 1.82) is 0 Å². The second-order valence-electron chi connectivity index (χ2n) is 18.6. The Morgan fingerprint density at radius 3 is 2.40 bits per heavy atom. The van der Waals surface area contributed by atoms with Crippen molar-refractivity contribution in [3.8, 4) is 5.75 Å². The number of imide groups is 1. The highest BCUT2D eigenvalue weighted by molar-refractivity contribution is 6.33. The standard InChI is InChI=1S/C47H56ClFN10O6/c1-29(2)59-35-8-7-31(23-30(35)24-38(44(59)64)65-27-40(61)50-3)52-41-34(48)25-51-45(54-41)57-21-15-47(49,16-22-57)28-55-17-11-46(12-18-55)13-19-56(20-14-46)36-6-4-5-32-33(36)26-58(43(32)63)37-9-10-39(60)53-42(37)62/h4-8,23-25,29,37H,9-22,26-28H2,1-3H3,(H,50,61)(H,51,52,54)(H,53,60,62). The number of anilines is 4. The highest BCUT2D eigenvalue weighted by Gasteiger charge is 2.44. The number of carbonyl (C=O) groups excluding carboxylic acids is 4. The van der Waals surface area contributed by atoms with E-state index in [0.717, 1.165) is 68.5 Å². The number of nitrogens with zero attached hydrogens (tertiary/aromatic N) is 7. The van der Waals surface area contributed by atoms with E-state index < -0.39 is 17.6 Å². The van der Waals surface area contributed by atoms with E-state index in [0.29, 0.717) is 79.0 Å². The van der Waals surface area contributed by atoms with Gasteiger partial charge in [-0.3, -0.25) is 29.3 Å². The molecule has 7 heterocycles. The number of rotatable bonds is 11. The number of hydrogen-bond donors (Lipinski definition) is 3. The van der Waals surface area contributed by atoms with E-state index in [1.54, 1.807) is 21.7 Å². The van der Waals surface area contributed by atoms with Crippen LogP contribution in [0.2, 0.25) is 5.02 Å². The average molecular weight is 911 g/mol. The Morgan fingerprint density at radius 1 is 0.969 bits per heavy atom. The maximum atomic E-state index is 16.6. The Morgan fingerprint density at radius 2 is 1.69 bits per heavy atom. The lowest BCUT2D eigenvalue weighted by molar-refractivity contribution is -0.137. The lowest BCUT2D eigenvalue weighted by Crippen LogP contribution is -2.52. The van der Waals surface area contributed by atoms with E-state index in [9.17, 15) is 24.0 Å². The number of fused-ring (bicyclic) bond motifs is 2. The first-order valence-electron chi connectivity index (χ1n) is 22.7. The molecule has 344 valence electrons. The molecule has 2 aromatic heterocycles. The van der Waals surface area contributed by atoms with Gasteiger partial charge in [0.2, 0.25) is 17.8 Å². The number of aromatic nitrogens is 3. The molecule has 0 aliphatic carbocycles. The van der Waals surface area contributed by atoms with Crippen molar-refractivity contribution in [2.45, 2.75) is 89.5 Å². The predicted octanol–water partition coefficient (Wildman–Crippen LogP) is 5.35. The molecule has 1 unspecified atom stereocenters. The van der Waals surface area contributed by atoms with Gasteiger partial charge >= 0.3 is 0 Å². The molecule has 16 nitrogen and oxygen atoms in total. The summed E-state index contributed by atoms with van der Waals surface area (Å²) < 4.78 is 23.8. The summed E-state index contributed by atoms with van der Waals surface area (Å²) >= 11 is 6.60. The topological polar surface area (TPSA) is 174 Å². The summed E-state index contributed by atoms with van der Waals surface area (Å²) in [6, 6.07) is 12.2. The largest absolute Gasteiger partial charge is 0.478 e. The zero-order chi connectivity index (χ0) is 45.6. The van der Waals surface area contributed by atoms with Gasteiger partial charge in [0, 0.05) is 99.5 Å². The zero-order valence-electron chi connectivity index (χ0n) is 37.1. The van der Waals surface area contributed by atoms with Crippen LogP contribution in [0.5, 0.6) is 5.75 Å². The summed E-state index contributed by atoms with van der Waals surface area (Å²) in [7, 11) is 1.50. The van der Waals surface area contributed by atoms with E-state index in [2.05, 4.69) is 36.8 Å². The molecule has 1 spiro atoms. The number of ether oxygens (including phenoxy) is 1. The van der Waals surface area contributed by atoms with Gasteiger partial charge in [-0.05, 0) is 101 Å². The number of pyridine rings is 1. The Labute approximate surface area is 381 Å². The van der Waals surface area contributed by atoms with Gasteiger partial charge in [0.05, 0.1) is 11.7 Å². The molecular weight excluding hydrogens is 855 g/mol. The molecule has 65 heavy (non-hydrogen) atoms. The van der Waals surface area contributed by atoms with E-state index in [-0.39, 0.29) is 53.5 Å². The highest BCUT2D eigenvalue weighted by atomic mass is 35.5. The third-order valence-electron chi connectivity index (χ3n) is 14.2. The molecule has 18 heteroatoms. The van der Waals surface area contributed by atoms with Crippen LogP contribution in [0.1, 0.15) is 87.2 Å². The van der Waals surface area contributed by atoms with Crippen LogP contribution in [0.25, 0.3) is 10.9 Å². The molecule has 2 aromatic carbocycles. The number of hydrogen-bond acceptors (Lipinski definition) is 12. The molecule has 0 saturated carbocycles. The average Bonchev–Trinajstić information content (AvgIpc) is 3.63. The van der Waals surface area contributed by atoms with E-state index >= 15 is 4.39 Å². The molecule has 0 radical (unpaired) electrons. The maximum absolute atomic E-state index is 16.6. The molecule has 4 amide bonds. The zero-order valence-corrected chi connectivity index (χ0v) is 37.9. The maximum Gasteiger partial charge on any atom is 0.293 e. The molecule has 9 rings (SSSR count). The minimum atomic E-state index is -1.32. The Bertz CT molecular complexity index is 2580. The van der Waals surface area contributed by atoms with Crippen LogP contribution in [-0.2, 0) is 20.9 Å². The fraction of sp³-hybridized carbons (Fsp3) is 0.511. The summed E-state index contributed by atoms with van der Waals surface area (Å²) in [4.78, 5) is 80.5. The summed E-state index contributed by atoms with van der Waals surface area (Å²) in [5.41, 5.74) is 2.58. The number of carbonyl (C=O) groups is 4. The van der Waals surface area contributed by atoms with Crippen molar-refractivity contribution in [1.82, 2.24) is 35.0 Å². The number of nitrogens with one attached hydrogen (secondary N) is 3. The Balaban J connectivity index is 0.778. The van der Waals surface area contributed by atoms with Gasteiger partial charge in [-0.1, -0.05) is 17.7 Å². The minimum Gasteiger partial charge on any atom is -0.478 e. The van der Waals surface area contributed by atoms with Gasteiger partial charge in [0.1, 0.15) is 16.7 Å². The first-order chi connectivity index (χ1) is 31.2. The molecule has 4 saturated heterocycles. The molecule has 0 bridgehead atoms. The smallest absolute Gasteiger partial charge is 0.293 e. The van der Waals surface area contributed by atoms with E-state index in [1.807, 2.05) is 49.1 Å². The van der Waals surface area contributed by atoms with Gasteiger partial charge in [0.25, 0.3) is 17.4 Å². The highest BCUT2D eigenvalue weighted by Crippen LogP contribution is 2.45. The number of likely N-dealkylation sites (tertiary alicyclic amines) is 1. The summed E-state index contributed by atoms with van der Waals surface area (Å²) in [6.45, 7) is 8.68. The van der Waals surface area contributed by atoms with Crippen LogP contribution >= 0.6 is 11.6 Å². The van der Waals surface area contributed by atoms with Crippen molar-refractivity contribution < 1.29 is 28.3 Å². The van der Waals surface area contributed by atoms with Gasteiger partial charge in [-0.25, -0.2) is 9.37 Å². The number of benzene rings is 2. The molecular formula is C47H56ClFN10O6. The van der Waals surface area contributed by atoms with E-state index in [1.165, 1.54) is 7.05 Å². The number of halogens is 2. The Kier molecular flexibility index (Phi) is 12.2. The van der Waals surface area contributed by atoms with Crippen LogP contribution in [0.15, 0.2) is 53.5 Å². The van der Waals surface area contributed by atoms with Crippen molar-refractivity contribution >= 4 is 69.3 Å². The molecule has 1 atom stereocenters. The predicted molar refractivity (Wildman–Crippen MR) is 246 cm³/mol. The van der Waals surface area contributed by atoms with Crippen LogP contribution in [-0.4, -0.2) is 119 Å². The summed E-state index contributed by atoms with van der Waals surface area (Å²) in [5.74, 6) is -0.271. The minimum absolute atomic E-state index is 0.0704. The number of likely N-dealkylation sites (N-methyl/N-ethyl adjacent to an activating group) is 1. The number of piperidine rings is 4. The SMILES string of the molecule is CNC(=O)COc1cc2cc(Nc3nc(N4CCC(F)(CN5CCC6(CC5)CCN(c5cccc7c5CN(C5CCC(=O)NC5=O)C7=O)CC6)CC4)ncc3Cl)ccc2n(C(C)C)c1=O. The normalized spacial score (nSPS) is 20.9. The summed E-state index contributed by atoms with van der Waals surface area (Å²) in [6.07, 6.45) is 6.93. The fourth-order valence-corrected chi connectivity index (χ4v) is 10.5. The second-order valence-corrected chi connectivity index (χ2v) is 19.0. The number of amides is 4. The van der Waals surface area contributed by atoms with Gasteiger partial charge in [0.15, 0.2) is 18.2 Å². The fourth-order valence-electron chi connectivity index (χ4n) is 10.4. The number of alkyl halides is 1. The molecule has 5 aliphatic rings. The molecule has 5 aliphatic heterocycles. The Hall–Kier alpha value is -5.81. The molecule has 3 N–H and O–H groups in total. The lowest BCUT2D eigenvalue weighted by Gasteiger charge is -2.49. The van der Waals surface area contributed by atoms with Gasteiger partial charge in [-0.15, -0.1) is 0 Å². The van der Waals surface area contributed by atoms with Crippen LogP contribution < -0.4 is 36.0 Å². The van der Waals surface area contributed by atoms with Crippen LogP contribution in [0.4, 0.5) is 27.5 Å². The van der Waals surface area contributed by atoms with Crippen molar-refractivity contribution in [2.75, 3.05) is 74.6 Å². The van der Waals surface area contributed by atoms with Crippen molar-refractivity contribution in [2.24, 2.45) is 5.41 Å². The molecule has 4 aromatic rings. The third kappa shape index (κ3) is 8.96. The van der Waals surface area contributed by atoms with Crippen molar-refractivity contribution in [3.63, 3.8) is 0 Å². The van der Waals surface area contributed by atoms with Crippen LogP contribution in [0.3, 0.4) is 0 Å². The van der Waals surface area contributed by atoms with Crippen LogP contribution in [0, 0.1) is 5.41 Å². The lowest BCUT2D eigenvalue weighted by atomic mass is 9.71. The second kappa shape index (κ2) is 17.9. The van der Waals surface area contributed by atoms with Gasteiger partial charge < -0.3 is 39.5 Å². The monoisotopic (exact) mass is 910 g/mol. The quantitative estimate of drug-likeness (QED) is 0.165. The summed E-state index contributed by atoms with van der Waals surface area (Å²) in [5, 5.41) is 9.22. The first-order valence-corrected chi connectivity index (χ1v) is 23.1. The molecule has 4 fully saturated rings. The third-order valence-corrected chi connectivity index (χ3v) is 14.5. The van der Waals surface area contributed by atoms with Gasteiger partial charge in [-0.2, -0.15) is 4.98 Å². The van der Waals surface area contributed by atoms with Crippen molar-refractivity contribution in [3.05, 3.63) is 75.2 Å².